The van der Waals surface area contributed by atoms with Crippen LogP contribution in [-0.4, -0.2) is 34.7 Å². The summed E-state index contributed by atoms with van der Waals surface area (Å²) in [4.78, 5) is 13.7. The Bertz CT molecular complexity index is 672. The van der Waals surface area contributed by atoms with E-state index in [1.165, 1.54) is 32.4 Å². The Morgan fingerprint density at radius 2 is 2.12 bits per heavy atom. The molecule has 6 heteroatoms. The maximum Gasteiger partial charge on any atom is 0.339 e. The molecule has 2 aliphatic heterocycles. The van der Waals surface area contributed by atoms with Crippen molar-refractivity contribution in [3.05, 3.63) is 28.8 Å². The molecular weight excluding hydrogens is 316 g/mol. The second kappa shape index (κ2) is 5.69. The van der Waals surface area contributed by atoms with Gasteiger partial charge in [0.1, 0.15) is 11.3 Å². The van der Waals surface area contributed by atoms with Crippen molar-refractivity contribution in [3.63, 3.8) is 0 Å². The number of aromatic carboxylic acids is 1. The zero-order valence-corrected chi connectivity index (χ0v) is 14.2. The van der Waals surface area contributed by atoms with Gasteiger partial charge in [0.15, 0.2) is 5.60 Å². The first-order valence-electron chi connectivity index (χ1n) is 8.31. The number of hydrogen-bond donors (Lipinski definition) is 1. The van der Waals surface area contributed by atoms with Gasteiger partial charge < -0.3 is 9.84 Å². The fraction of sp³-hybridized carbons (Fsp3) is 0.611. The molecule has 3 rings (SSSR count). The molecule has 0 unspecified atom stereocenters. The van der Waals surface area contributed by atoms with Gasteiger partial charge in [-0.25, -0.2) is 4.79 Å². The predicted molar refractivity (Wildman–Crippen MR) is 85.7 cm³/mol. The molecule has 1 aromatic carbocycles. The number of alkyl halides is 2. The fourth-order valence-electron chi connectivity index (χ4n) is 3.61. The Hall–Kier alpha value is -1.69. The van der Waals surface area contributed by atoms with Crippen molar-refractivity contribution in [2.45, 2.75) is 51.7 Å². The molecule has 1 fully saturated rings. The maximum absolute atomic E-state index is 14.6. The van der Waals surface area contributed by atoms with Gasteiger partial charge in [0.25, 0.3) is 0 Å². The van der Waals surface area contributed by atoms with Gasteiger partial charge in [-0.2, -0.15) is 8.78 Å². The average molecular weight is 339 g/mol. The summed E-state index contributed by atoms with van der Waals surface area (Å²) in [6.07, 6.45) is 2.24. The highest BCUT2D eigenvalue weighted by molar-refractivity contribution is 5.92. The van der Waals surface area contributed by atoms with Crippen LogP contribution in [0.1, 0.15) is 55.1 Å². The Morgan fingerprint density at radius 3 is 2.75 bits per heavy atom. The van der Waals surface area contributed by atoms with Crippen LogP contribution >= 0.6 is 0 Å². The molecule has 132 valence electrons. The zero-order valence-electron chi connectivity index (χ0n) is 14.2. The van der Waals surface area contributed by atoms with Crippen LogP contribution in [0.3, 0.4) is 0 Å². The summed E-state index contributed by atoms with van der Waals surface area (Å²) in [5.41, 5.74) is -1.65. The van der Waals surface area contributed by atoms with Gasteiger partial charge >= 0.3 is 11.9 Å². The highest BCUT2D eigenvalue weighted by atomic mass is 19.3. The Labute approximate surface area is 140 Å². The lowest BCUT2D eigenvalue weighted by molar-refractivity contribution is -0.127. The molecule has 0 saturated carbocycles. The van der Waals surface area contributed by atoms with Crippen molar-refractivity contribution >= 4 is 5.97 Å². The lowest BCUT2D eigenvalue weighted by Gasteiger charge is -2.31. The molecule has 1 saturated heterocycles. The lowest BCUT2D eigenvalue weighted by atomic mass is 9.93. The summed E-state index contributed by atoms with van der Waals surface area (Å²) >= 11 is 0. The molecule has 0 aromatic heterocycles. The molecule has 0 bridgehead atoms. The van der Waals surface area contributed by atoms with Crippen LogP contribution in [0.4, 0.5) is 8.78 Å². The van der Waals surface area contributed by atoms with Gasteiger partial charge in [-0.15, -0.1) is 0 Å². The van der Waals surface area contributed by atoms with Crippen molar-refractivity contribution < 1.29 is 23.4 Å². The van der Waals surface area contributed by atoms with E-state index in [0.717, 1.165) is 19.5 Å². The summed E-state index contributed by atoms with van der Waals surface area (Å²) in [5.74, 6) is -4.10. The number of rotatable bonds is 3. The Kier molecular flexibility index (Phi) is 4.06. The average Bonchev–Trinajstić information content (AvgIpc) is 2.65. The summed E-state index contributed by atoms with van der Waals surface area (Å²) in [6.45, 7) is 7.02. The van der Waals surface area contributed by atoms with E-state index in [1.807, 2.05) is 0 Å². The maximum atomic E-state index is 14.6. The molecule has 1 aromatic rings. The lowest BCUT2D eigenvalue weighted by Crippen LogP contribution is -2.40. The number of halogens is 2. The number of carboxylic acids is 1. The molecule has 0 amide bonds. The minimum absolute atomic E-state index is 0.183. The SMILES string of the molecule is C[C@H]1CCCN(Cc2cc(C(=O)O)c3c(c2)C(F)(F)C(C)(C)O3)C1. The second-order valence-electron chi connectivity index (χ2n) is 7.49. The van der Waals surface area contributed by atoms with Crippen LogP contribution in [0.25, 0.3) is 0 Å². The third kappa shape index (κ3) is 2.77. The van der Waals surface area contributed by atoms with Crippen molar-refractivity contribution in [2.75, 3.05) is 13.1 Å². The monoisotopic (exact) mass is 339 g/mol. The van der Waals surface area contributed by atoms with Crippen LogP contribution in [0.15, 0.2) is 12.1 Å². The number of benzene rings is 1. The normalized spacial score (nSPS) is 25.1. The van der Waals surface area contributed by atoms with Crippen LogP contribution < -0.4 is 4.74 Å². The number of carbonyl (C=O) groups is 1. The van der Waals surface area contributed by atoms with Crippen molar-refractivity contribution in [2.24, 2.45) is 5.92 Å². The third-order valence-corrected chi connectivity index (χ3v) is 4.98. The number of piperidine rings is 1. The van der Waals surface area contributed by atoms with E-state index in [0.29, 0.717) is 18.0 Å². The molecule has 24 heavy (non-hydrogen) atoms. The number of likely N-dealkylation sites (tertiary alicyclic amines) is 1. The van der Waals surface area contributed by atoms with Gasteiger partial charge in [-0.3, -0.25) is 4.90 Å². The minimum atomic E-state index is -3.22. The van der Waals surface area contributed by atoms with Crippen molar-refractivity contribution in [1.82, 2.24) is 4.90 Å². The number of nitrogens with zero attached hydrogens (tertiary/aromatic N) is 1. The van der Waals surface area contributed by atoms with Crippen LogP contribution in [0.2, 0.25) is 0 Å². The molecule has 1 N–H and O–H groups in total. The molecule has 2 heterocycles. The molecule has 0 aliphatic carbocycles. The molecule has 0 spiro atoms. The van der Waals surface area contributed by atoms with E-state index >= 15 is 0 Å². The van der Waals surface area contributed by atoms with E-state index in [4.69, 9.17) is 4.74 Å². The van der Waals surface area contributed by atoms with Gasteiger partial charge in [0, 0.05) is 13.1 Å². The topological polar surface area (TPSA) is 49.8 Å². The molecule has 0 radical (unpaired) electrons. The predicted octanol–water partition coefficient (Wildman–Crippen LogP) is 3.88. The van der Waals surface area contributed by atoms with E-state index < -0.39 is 17.5 Å². The Balaban J connectivity index is 1.99. The minimum Gasteiger partial charge on any atom is -0.480 e. The van der Waals surface area contributed by atoms with Gasteiger partial charge in [0.2, 0.25) is 0 Å². The largest absolute Gasteiger partial charge is 0.480 e. The van der Waals surface area contributed by atoms with Crippen molar-refractivity contribution in [1.29, 1.82) is 0 Å². The van der Waals surface area contributed by atoms with E-state index in [1.54, 1.807) is 0 Å². The number of fused-ring (bicyclic) bond motifs is 1. The molecular formula is C18H23F2NO3. The van der Waals surface area contributed by atoms with Gasteiger partial charge in [0.05, 0.1) is 5.56 Å². The first-order chi connectivity index (χ1) is 11.1. The first kappa shape index (κ1) is 17.1. The summed E-state index contributed by atoms with van der Waals surface area (Å²) in [6, 6.07) is 2.88. The zero-order chi connectivity index (χ0) is 17.7. The molecule has 1 atom stereocenters. The van der Waals surface area contributed by atoms with Crippen molar-refractivity contribution in [3.8, 4) is 5.75 Å². The summed E-state index contributed by atoms with van der Waals surface area (Å²) < 4.78 is 34.6. The van der Waals surface area contributed by atoms with E-state index in [2.05, 4.69) is 11.8 Å². The quantitative estimate of drug-likeness (QED) is 0.908. The first-order valence-corrected chi connectivity index (χ1v) is 8.31. The van der Waals surface area contributed by atoms with E-state index in [-0.39, 0.29) is 16.9 Å². The number of carboxylic acid groups (broad SMARTS) is 1. The van der Waals surface area contributed by atoms with E-state index in [9.17, 15) is 18.7 Å². The number of hydrogen-bond acceptors (Lipinski definition) is 3. The fourth-order valence-corrected chi connectivity index (χ4v) is 3.61. The van der Waals surface area contributed by atoms with Crippen LogP contribution in [0, 0.1) is 5.92 Å². The summed E-state index contributed by atoms with van der Waals surface area (Å²) in [5, 5.41) is 9.42. The standard InChI is InChI=1S/C18H23F2NO3/c1-11-5-4-6-21(9-11)10-12-7-13(16(22)23)15-14(8-12)18(19,20)17(2,3)24-15/h7-8,11H,4-6,9-10H2,1-3H3,(H,22,23)/t11-/m0/s1. The summed E-state index contributed by atoms with van der Waals surface area (Å²) in [7, 11) is 0. The second-order valence-corrected chi connectivity index (χ2v) is 7.49. The molecule has 4 nitrogen and oxygen atoms in total. The van der Waals surface area contributed by atoms with Crippen LogP contribution in [-0.2, 0) is 12.5 Å². The highest BCUT2D eigenvalue weighted by Gasteiger charge is 2.58. The van der Waals surface area contributed by atoms with Gasteiger partial charge in [-0.05, 0) is 56.8 Å². The Morgan fingerprint density at radius 1 is 1.42 bits per heavy atom. The van der Waals surface area contributed by atoms with Crippen LogP contribution in [0.5, 0.6) is 5.75 Å². The molecule has 2 aliphatic rings. The third-order valence-electron chi connectivity index (χ3n) is 4.98. The smallest absolute Gasteiger partial charge is 0.339 e. The van der Waals surface area contributed by atoms with Gasteiger partial charge in [-0.1, -0.05) is 6.92 Å². The highest BCUT2D eigenvalue weighted by Crippen LogP contribution is 2.53. The number of ether oxygens (including phenoxy) is 1.